The first-order valence-corrected chi connectivity index (χ1v) is 6.93. The van der Waals surface area contributed by atoms with Gasteiger partial charge in [-0.3, -0.25) is 9.59 Å². The lowest BCUT2D eigenvalue weighted by Gasteiger charge is -2.39. The van der Waals surface area contributed by atoms with Crippen LogP contribution in [0.15, 0.2) is 0 Å². The molecule has 0 unspecified atom stereocenters. The van der Waals surface area contributed by atoms with Crippen LogP contribution >= 0.6 is 12.4 Å². The average molecular weight is 308 g/mol. The lowest BCUT2D eigenvalue weighted by atomic mass is 9.76. The van der Waals surface area contributed by atoms with E-state index in [2.05, 4.69) is 4.90 Å². The first-order chi connectivity index (χ1) is 8.73. The molecule has 2 N–H and O–H groups in total. The third-order valence-corrected chi connectivity index (χ3v) is 4.58. The number of likely N-dealkylation sites (tertiary alicyclic amines) is 1. The highest BCUT2D eigenvalue weighted by atomic mass is 35.5. The van der Waals surface area contributed by atoms with Crippen LogP contribution in [0.1, 0.15) is 46.5 Å². The largest absolute Gasteiger partial charge is 0.481 e. The van der Waals surface area contributed by atoms with Gasteiger partial charge in [-0.05, 0) is 59.2 Å². The van der Waals surface area contributed by atoms with E-state index in [1.54, 1.807) is 13.8 Å². The molecule has 0 aromatic rings. The van der Waals surface area contributed by atoms with Gasteiger partial charge in [-0.2, -0.15) is 0 Å². The van der Waals surface area contributed by atoms with Gasteiger partial charge in [-0.15, -0.1) is 12.4 Å². The van der Waals surface area contributed by atoms with Crippen molar-refractivity contribution in [2.45, 2.75) is 46.5 Å². The number of nitrogens with zero attached hydrogens (tertiary/aromatic N) is 1. The van der Waals surface area contributed by atoms with Crippen LogP contribution in [0, 0.1) is 10.8 Å². The Kier molecular flexibility index (Phi) is 6.98. The van der Waals surface area contributed by atoms with Crippen molar-refractivity contribution in [2.75, 3.05) is 19.6 Å². The quantitative estimate of drug-likeness (QED) is 0.788. The van der Waals surface area contributed by atoms with Crippen LogP contribution < -0.4 is 0 Å². The van der Waals surface area contributed by atoms with E-state index < -0.39 is 22.8 Å². The van der Waals surface area contributed by atoms with Crippen molar-refractivity contribution in [3.63, 3.8) is 0 Å². The fourth-order valence-corrected chi connectivity index (χ4v) is 2.47. The number of piperidine rings is 1. The summed E-state index contributed by atoms with van der Waals surface area (Å²) in [4.78, 5) is 24.5. The van der Waals surface area contributed by atoms with Crippen LogP contribution in [0.25, 0.3) is 0 Å². The van der Waals surface area contributed by atoms with E-state index in [-0.39, 0.29) is 12.4 Å². The number of carboxylic acids is 2. The summed E-state index contributed by atoms with van der Waals surface area (Å²) in [7, 11) is 0. The van der Waals surface area contributed by atoms with E-state index in [1.165, 1.54) is 0 Å². The number of hydrogen-bond acceptors (Lipinski definition) is 3. The molecule has 0 bridgehead atoms. The van der Waals surface area contributed by atoms with Crippen molar-refractivity contribution in [3.8, 4) is 0 Å². The second kappa shape index (κ2) is 7.27. The Morgan fingerprint density at radius 3 is 2.05 bits per heavy atom. The minimum atomic E-state index is -0.780. The molecule has 1 heterocycles. The zero-order valence-corrected chi connectivity index (χ0v) is 13.3. The topological polar surface area (TPSA) is 77.8 Å². The highest BCUT2D eigenvalue weighted by molar-refractivity contribution is 5.85. The average Bonchev–Trinajstić information content (AvgIpc) is 2.36. The summed E-state index contributed by atoms with van der Waals surface area (Å²) in [5, 5.41) is 18.4. The van der Waals surface area contributed by atoms with E-state index >= 15 is 0 Å². The third-order valence-electron chi connectivity index (χ3n) is 4.58. The molecule has 0 radical (unpaired) electrons. The van der Waals surface area contributed by atoms with Crippen LogP contribution in [-0.4, -0.2) is 46.7 Å². The smallest absolute Gasteiger partial charge is 0.309 e. The van der Waals surface area contributed by atoms with Crippen molar-refractivity contribution >= 4 is 24.3 Å². The molecule has 0 aromatic heterocycles. The molecule has 0 aliphatic carbocycles. The Bertz CT molecular complexity index is 349. The second-order valence-corrected chi connectivity index (χ2v) is 6.22. The van der Waals surface area contributed by atoms with Gasteiger partial charge in [0.1, 0.15) is 0 Å². The van der Waals surface area contributed by atoms with Gasteiger partial charge >= 0.3 is 11.9 Å². The lowest BCUT2D eigenvalue weighted by Crippen LogP contribution is -2.45. The van der Waals surface area contributed by atoms with Gasteiger partial charge in [0, 0.05) is 0 Å². The van der Waals surface area contributed by atoms with Gasteiger partial charge in [0.05, 0.1) is 10.8 Å². The summed E-state index contributed by atoms with van der Waals surface area (Å²) in [6.07, 6.45) is 2.57. The van der Waals surface area contributed by atoms with Crippen molar-refractivity contribution < 1.29 is 19.8 Å². The van der Waals surface area contributed by atoms with Gasteiger partial charge in [-0.25, -0.2) is 0 Å². The molecular weight excluding hydrogens is 282 g/mol. The van der Waals surface area contributed by atoms with E-state index in [0.29, 0.717) is 25.7 Å². The molecule has 1 aliphatic rings. The fraction of sp³-hybridized carbons (Fsp3) is 0.857. The zero-order chi connectivity index (χ0) is 14.7. The molecule has 20 heavy (non-hydrogen) atoms. The first kappa shape index (κ1) is 19.2. The number of halogens is 1. The Morgan fingerprint density at radius 1 is 1.20 bits per heavy atom. The highest BCUT2D eigenvalue weighted by Gasteiger charge is 2.40. The second-order valence-electron chi connectivity index (χ2n) is 6.22. The minimum Gasteiger partial charge on any atom is -0.481 e. The van der Waals surface area contributed by atoms with E-state index in [4.69, 9.17) is 5.11 Å². The van der Waals surface area contributed by atoms with Crippen molar-refractivity contribution in [3.05, 3.63) is 0 Å². The number of carboxylic acid groups (broad SMARTS) is 2. The monoisotopic (exact) mass is 307 g/mol. The summed E-state index contributed by atoms with van der Waals surface area (Å²) in [5.74, 6) is -1.47. The lowest BCUT2D eigenvalue weighted by molar-refractivity contribution is -0.152. The van der Waals surface area contributed by atoms with E-state index in [9.17, 15) is 14.7 Å². The predicted molar refractivity (Wildman–Crippen MR) is 79.3 cm³/mol. The minimum absolute atomic E-state index is 0. The Morgan fingerprint density at radius 2 is 1.70 bits per heavy atom. The summed E-state index contributed by atoms with van der Waals surface area (Å²) in [6.45, 7) is 7.60. The molecule has 1 aliphatic heterocycles. The third kappa shape index (κ3) is 4.35. The number of carbonyl (C=O) groups is 2. The van der Waals surface area contributed by atoms with Gasteiger partial charge in [-0.1, -0.05) is 6.92 Å². The summed E-state index contributed by atoms with van der Waals surface area (Å²) in [5.41, 5.74) is -1.29. The number of aliphatic carboxylic acids is 2. The van der Waals surface area contributed by atoms with Gasteiger partial charge in [0.2, 0.25) is 0 Å². The maximum absolute atomic E-state index is 11.3. The maximum Gasteiger partial charge on any atom is 0.309 e. The van der Waals surface area contributed by atoms with E-state index in [1.807, 2.05) is 6.92 Å². The zero-order valence-electron chi connectivity index (χ0n) is 12.5. The van der Waals surface area contributed by atoms with Crippen molar-refractivity contribution in [1.82, 2.24) is 4.90 Å². The first-order valence-electron chi connectivity index (χ1n) is 6.93. The molecule has 0 saturated carbocycles. The van der Waals surface area contributed by atoms with Gasteiger partial charge in [0.25, 0.3) is 0 Å². The summed E-state index contributed by atoms with van der Waals surface area (Å²) in [6, 6.07) is 0. The maximum atomic E-state index is 11.3. The molecule has 1 rings (SSSR count). The van der Waals surface area contributed by atoms with Crippen LogP contribution in [-0.2, 0) is 9.59 Å². The molecular formula is C14H26ClNO4. The molecule has 118 valence electrons. The van der Waals surface area contributed by atoms with Crippen LogP contribution in [0.5, 0.6) is 0 Å². The van der Waals surface area contributed by atoms with Gasteiger partial charge in [0.15, 0.2) is 0 Å². The van der Waals surface area contributed by atoms with Gasteiger partial charge < -0.3 is 15.1 Å². The van der Waals surface area contributed by atoms with Crippen LogP contribution in [0.3, 0.4) is 0 Å². The Balaban J connectivity index is 0.00000361. The standard InChI is InChI=1S/C14H25NO4.ClH/c1-4-14(12(18)19)6-9-15(10-7-14)8-5-13(2,3)11(16)17;/h4-10H2,1-3H3,(H,16,17)(H,18,19);1H. The van der Waals surface area contributed by atoms with Crippen LogP contribution in [0.2, 0.25) is 0 Å². The van der Waals surface area contributed by atoms with Crippen molar-refractivity contribution in [1.29, 1.82) is 0 Å². The summed E-state index contributed by atoms with van der Waals surface area (Å²) >= 11 is 0. The predicted octanol–water partition coefficient (Wildman–Crippen LogP) is 2.49. The molecule has 0 aromatic carbocycles. The molecule has 1 fully saturated rings. The normalized spacial score (nSPS) is 19.1. The molecule has 1 saturated heterocycles. The van der Waals surface area contributed by atoms with Crippen molar-refractivity contribution in [2.24, 2.45) is 10.8 Å². The molecule has 0 amide bonds. The molecule has 6 heteroatoms. The Hall–Kier alpha value is -0.810. The molecule has 5 nitrogen and oxygen atoms in total. The SMILES string of the molecule is CCC1(C(=O)O)CCN(CCC(C)(C)C(=O)O)CC1.Cl. The Labute approximate surface area is 126 Å². The molecule has 0 spiro atoms. The fourth-order valence-electron chi connectivity index (χ4n) is 2.47. The van der Waals surface area contributed by atoms with E-state index in [0.717, 1.165) is 19.6 Å². The van der Waals surface area contributed by atoms with Crippen LogP contribution in [0.4, 0.5) is 0 Å². The number of rotatable bonds is 6. The highest BCUT2D eigenvalue weighted by Crippen LogP contribution is 2.35. The summed E-state index contributed by atoms with van der Waals surface area (Å²) < 4.78 is 0. The molecule has 0 atom stereocenters. The number of hydrogen-bond donors (Lipinski definition) is 2.